The van der Waals surface area contributed by atoms with E-state index in [2.05, 4.69) is 4.98 Å². The summed E-state index contributed by atoms with van der Waals surface area (Å²) in [5, 5.41) is 0.363. The Labute approximate surface area is 145 Å². The van der Waals surface area contributed by atoms with Crippen LogP contribution in [-0.4, -0.2) is 23.7 Å². The Hall–Kier alpha value is -2.40. The van der Waals surface area contributed by atoms with Crippen LogP contribution in [0.15, 0.2) is 30.5 Å². The highest BCUT2D eigenvalue weighted by atomic mass is 35.5. The predicted octanol–water partition coefficient (Wildman–Crippen LogP) is 3.88. The zero-order valence-corrected chi connectivity index (χ0v) is 14.4. The van der Waals surface area contributed by atoms with Crippen molar-refractivity contribution in [1.82, 2.24) is 4.98 Å². The van der Waals surface area contributed by atoms with Gasteiger partial charge >= 0.3 is 0 Å². The third kappa shape index (κ3) is 2.76. The van der Waals surface area contributed by atoms with Crippen molar-refractivity contribution in [3.05, 3.63) is 46.7 Å². The molecule has 6 heteroatoms. The predicted molar refractivity (Wildman–Crippen MR) is 92.0 cm³/mol. The molecular weight excluding hydrogens is 328 g/mol. The summed E-state index contributed by atoms with van der Waals surface area (Å²) in [4.78, 5) is 30.4. The lowest BCUT2D eigenvalue weighted by molar-refractivity contribution is -0.120. The average molecular weight is 345 g/mol. The molecule has 1 unspecified atom stereocenters. The van der Waals surface area contributed by atoms with Crippen molar-refractivity contribution in [1.29, 1.82) is 0 Å². The molecule has 5 nitrogen and oxygen atoms in total. The summed E-state index contributed by atoms with van der Waals surface area (Å²) in [5.74, 6) is -0.243. The number of rotatable bonds is 3. The average Bonchev–Trinajstić information content (AvgIpc) is 2.59. The second kappa shape index (κ2) is 6.24. The lowest BCUT2D eigenvalue weighted by Gasteiger charge is -2.30. The molecule has 0 aliphatic carbocycles. The van der Waals surface area contributed by atoms with E-state index in [9.17, 15) is 9.59 Å². The second-order valence-corrected chi connectivity index (χ2v) is 6.13. The van der Waals surface area contributed by atoms with Crippen LogP contribution < -0.4 is 9.64 Å². The number of Topliss-reactive ketones (excluding diaryl/α,β-unsaturated/α-hetero) is 1. The van der Waals surface area contributed by atoms with Crippen molar-refractivity contribution in [2.24, 2.45) is 5.92 Å². The maximum atomic E-state index is 12.7. The number of carbonyl (C=O) groups is 2. The Kier molecular flexibility index (Phi) is 4.28. The monoisotopic (exact) mass is 344 g/mol. The number of hydrogen-bond acceptors (Lipinski definition) is 4. The molecule has 1 aliphatic heterocycles. The second-order valence-electron chi connectivity index (χ2n) is 5.74. The number of amides is 1. The number of aryl methyl sites for hydroxylation is 1. The molecular formula is C18H17ClN2O3. The minimum Gasteiger partial charge on any atom is -0.455 e. The van der Waals surface area contributed by atoms with Crippen LogP contribution >= 0.6 is 11.6 Å². The van der Waals surface area contributed by atoms with Gasteiger partial charge < -0.3 is 9.64 Å². The normalized spacial score (nSPS) is 17.0. The van der Waals surface area contributed by atoms with E-state index in [-0.39, 0.29) is 11.7 Å². The van der Waals surface area contributed by atoms with E-state index in [4.69, 9.17) is 16.3 Å². The number of pyridine rings is 1. The number of hydrogen-bond donors (Lipinski definition) is 0. The summed E-state index contributed by atoms with van der Waals surface area (Å²) in [7, 11) is 1.68. The first-order valence-corrected chi connectivity index (χ1v) is 8.08. The van der Waals surface area contributed by atoms with Gasteiger partial charge in [0.25, 0.3) is 0 Å². The van der Waals surface area contributed by atoms with Gasteiger partial charge in [0.05, 0.1) is 23.4 Å². The third-order valence-corrected chi connectivity index (χ3v) is 4.40. The highest BCUT2D eigenvalue weighted by Crippen LogP contribution is 2.39. The number of benzene rings is 1. The fourth-order valence-electron chi connectivity index (χ4n) is 2.74. The molecule has 0 saturated carbocycles. The number of fused-ring (bicyclic) bond motifs is 1. The smallest absolute Gasteiger partial charge is 0.237 e. The lowest BCUT2D eigenvalue weighted by atomic mass is 9.90. The van der Waals surface area contributed by atoms with Crippen LogP contribution in [0.25, 0.3) is 0 Å². The van der Waals surface area contributed by atoms with Crippen molar-refractivity contribution in [2.45, 2.75) is 20.3 Å². The molecule has 1 aromatic carbocycles. The molecule has 1 aromatic heterocycles. The minimum absolute atomic E-state index is 0.208. The number of nitrogens with zero attached hydrogens (tertiary/aromatic N) is 2. The van der Waals surface area contributed by atoms with Crippen LogP contribution in [-0.2, 0) is 11.2 Å². The van der Waals surface area contributed by atoms with Crippen LogP contribution in [0.1, 0.15) is 29.8 Å². The van der Waals surface area contributed by atoms with Gasteiger partial charge in [-0.3, -0.25) is 9.59 Å². The van der Waals surface area contributed by atoms with Crippen molar-refractivity contribution in [3.8, 4) is 11.5 Å². The Morgan fingerprint density at radius 2 is 2.04 bits per heavy atom. The number of anilines is 1. The summed E-state index contributed by atoms with van der Waals surface area (Å²) < 4.78 is 5.90. The molecule has 0 saturated heterocycles. The van der Waals surface area contributed by atoms with Crippen LogP contribution in [0.5, 0.6) is 11.5 Å². The van der Waals surface area contributed by atoms with Gasteiger partial charge in [0.2, 0.25) is 5.91 Å². The molecule has 0 bridgehead atoms. The zero-order valence-electron chi connectivity index (χ0n) is 13.7. The van der Waals surface area contributed by atoms with Crippen LogP contribution in [0.3, 0.4) is 0 Å². The Morgan fingerprint density at radius 3 is 2.67 bits per heavy atom. The molecule has 24 heavy (non-hydrogen) atoms. The number of carbonyl (C=O) groups excluding carboxylic acids is 2. The topological polar surface area (TPSA) is 59.5 Å². The first-order chi connectivity index (χ1) is 11.4. The molecule has 1 aliphatic rings. The summed E-state index contributed by atoms with van der Waals surface area (Å²) in [6, 6.07) is 7.00. The number of ether oxygens (including phenoxy) is 1. The number of halogens is 1. The van der Waals surface area contributed by atoms with Crippen molar-refractivity contribution in [3.63, 3.8) is 0 Å². The fraction of sp³-hybridized carbons (Fsp3) is 0.278. The Bertz CT molecular complexity index is 818. The van der Waals surface area contributed by atoms with E-state index >= 15 is 0 Å². The van der Waals surface area contributed by atoms with Gasteiger partial charge in [-0.1, -0.05) is 18.5 Å². The largest absolute Gasteiger partial charge is 0.455 e. The molecule has 1 atom stereocenters. The molecule has 0 radical (unpaired) electrons. The summed E-state index contributed by atoms with van der Waals surface area (Å²) in [5.41, 5.74) is 1.99. The van der Waals surface area contributed by atoms with Gasteiger partial charge in [-0.15, -0.1) is 0 Å². The van der Waals surface area contributed by atoms with E-state index < -0.39 is 5.92 Å². The number of ketones is 1. The zero-order chi connectivity index (χ0) is 17.4. The maximum absolute atomic E-state index is 12.7. The Balaban J connectivity index is 2.13. The lowest BCUT2D eigenvalue weighted by Crippen LogP contribution is -2.41. The maximum Gasteiger partial charge on any atom is 0.237 e. The standard InChI is InChI=1S/C18H17ClN2O3/c1-4-11-7-13-16(17(22)10(2)18(23)21(13)3)14(8-11)24-12-5-6-15(19)20-9-12/h5-10H,4H2,1-3H3. The van der Waals surface area contributed by atoms with Crippen LogP contribution in [0.2, 0.25) is 5.15 Å². The van der Waals surface area contributed by atoms with Crippen LogP contribution in [0, 0.1) is 5.92 Å². The molecule has 0 fully saturated rings. The summed E-state index contributed by atoms with van der Waals surface area (Å²) in [6.45, 7) is 3.62. The molecule has 0 spiro atoms. The molecule has 3 rings (SSSR count). The first kappa shape index (κ1) is 16.5. The van der Waals surface area contributed by atoms with E-state index in [1.54, 1.807) is 26.1 Å². The first-order valence-electron chi connectivity index (χ1n) is 7.70. The third-order valence-electron chi connectivity index (χ3n) is 4.18. The van der Waals surface area contributed by atoms with Crippen molar-refractivity contribution >= 4 is 29.0 Å². The van der Waals surface area contributed by atoms with Gasteiger partial charge in [0, 0.05) is 7.05 Å². The molecule has 2 heterocycles. The Morgan fingerprint density at radius 1 is 1.29 bits per heavy atom. The molecule has 2 aromatic rings. The van der Waals surface area contributed by atoms with Crippen LogP contribution in [0.4, 0.5) is 5.69 Å². The van der Waals surface area contributed by atoms with Gasteiger partial charge in [0.15, 0.2) is 5.78 Å². The van der Waals surface area contributed by atoms with E-state index in [1.807, 2.05) is 19.1 Å². The van der Waals surface area contributed by atoms with Gasteiger partial charge in [0.1, 0.15) is 16.7 Å². The fourth-order valence-corrected chi connectivity index (χ4v) is 2.85. The van der Waals surface area contributed by atoms with Crippen molar-refractivity contribution < 1.29 is 14.3 Å². The quantitative estimate of drug-likeness (QED) is 0.626. The van der Waals surface area contributed by atoms with Gasteiger partial charge in [-0.05, 0) is 43.2 Å². The SMILES string of the molecule is CCc1cc(Oc2ccc(Cl)nc2)c2c(c1)N(C)C(=O)C(C)C2=O. The number of aromatic nitrogens is 1. The van der Waals surface area contributed by atoms with E-state index in [0.717, 1.165) is 12.0 Å². The summed E-state index contributed by atoms with van der Waals surface area (Å²) >= 11 is 5.79. The summed E-state index contributed by atoms with van der Waals surface area (Å²) in [6.07, 6.45) is 2.26. The van der Waals surface area contributed by atoms with Gasteiger partial charge in [-0.2, -0.15) is 0 Å². The highest BCUT2D eigenvalue weighted by molar-refractivity contribution is 6.29. The molecule has 1 amide bonds. The van der Waals surface area contributed by atoms with Crippen molar-refractivity contribution in [2.75, 3.05) is 11.9 Å². The van der Waals surface area contributed by atoms with E-state index in [1.165, 1.54) is 11.1 Å². The molecule has 0 N–H and O–H groups in total. The van der Waals surface area contributed by atoms with Gasteiger partial charge in [-0.25, -0.2) is 4.98 Å². The van der Waals surface area contributed by atoms with E-state index in [0.29, 0.717) is 27.9 Å². The highest BCUT2D eigenvalue weighted by Gasteiger charge is 2.37. The molecule has 124 valence electrons. The minimum atomic E-state index is -0.722.